The fourth-order valence-corrected chi connectivity index (χ4v) is 2.49. The largest absolute Gasteiger partial charge is 0.496 e. The summed E-state index contributed by atoms with van der Waals surface area (Å²) in [6.45, 7) is 7.70. The summed E-state index contributed by atoms with van der Waals surface area (Å²) in [7, 11) is 2.86. The van der Waals surface area contributed by atoms with Gasteiger partial charge in [-0.3, -0.25) is 0 Å². The van der Waals surface area contributed by atoms with Crippen LogP contribution in [-0.4, -0.2) is 37.8 Å². The van der Waals surface area contributed by atoms with E-state index in [4.69, 9.17) is 14.0 Å². The fourth-order valence-electron chi connectivity index (χ4n) is 2.49. The Morgan fingerprint density at radius 3 is 2.59 bits per heavy atom. The van der Waals surface area contributed by atoms with Crippen molar-refractivity contribution in [2.24, 2.45) is 4.99 Å². The Bertz CT molecular complexity index is 821. The molecule has 1 aromatic heterocycles. The zero-order chi connectivity index (χ0) is 20.5. The lowest BCUT2D eigenvalue weighted by atomic mass is 10.1. The van der Waals surface area contributed by atoms with E-state index in [0.717, 1.165) is 23.6 Å². The highest BCUT2D eigenvalue weighted by atomic mass is 127. The minimum Gasteiger partial charge on any atom is -0.496 e. The standard InChI is InChI=1S/C20H28N4O4.HI/c1-6-21-20(23-12-15-10-17(13(2)3)24-28-15)22-11-14-7-8-18(26-4)16(9-14)19(25)27-5;/h7-10,13H,6,11-12H2,1-5H3,(H2,21,22,23);1H. The lowest BCUT2D eigenvalue weighted by molar-refractivity contribution is 0.0597. The second kappa shape index (κ2) is 12.3. The number of benzene rings is 1. The predicted octanol–water partition coefficient (Wildman–Crippen LogP) is 3.47. The Hall–Kier alpha value is -2.30. The first kappa shape index (κ1) is 24.7. The molecular formula is C20H29IN4O4. The third kappa shape index (κ3) is 7.22. The van der Waals surface area contributed by atoms with E-state index in [9.17, 15) is 4.79 Å². The first-order valence-corrected chi connectivity index (χ1v) is 9.21. The summed E-state index contributed by atoms with van der Waals surface area (Å²) in [4.78, 5) is 16.5. The lowest BCUT2D eigenvalue weighted by Crippen LogP contribution is -2.36. The zero-order valence-corrected chi connectivity index (χ0v) is 19.8. The molecule has 0 unspecified atom stereocenters. The smallest absolute Gasteiger partial charge is 0.341 e. The minimum absolute atomic E-state index is 0. The van der Waals surface area contributed by atoms with Crippen LogP contribution in [0.3, 0.4) is 0 Å². The van der Waals surface area contributed by atoms with E-state index in [0.29, 0.717) is 36.3 Å². The van der Waals surface area contributed by atoms with Crippen molar-refractivity contribution >= 4 is 35.9 Å². The summed E-state index contributed by atoms with van der Waals surface area (Å²) < 4.78 is 15.4. The molecule has 2 rings (SSSR count). The number of aromatic nitrogens is 1. The number of halogens is 1. The van der Waals surface area contributed by atoms with Gasteiger partial charge in [0, 0.05) is 12.6 Å². The monoisotopic (exact) mass is 516 g/mol. The Morgan fingerprint density at radius 1 is 1.24 bits per heavy atom. The molecule has 1 heterocycles. The van der Waals surface area contributed by atoms with Gasteiger partial charge in [-0.1, -0.05) is 25.1 Å². The van der Waals surface area contributed by atoms with Crippen molar-refractivity contribution in [3.8, 4) is 5.75 Å². The highest BCUT2D eigenvalue weighted by Gasteiger charge is 2.13. The quantitative estimate of drug-likeness (QED) is 0.240. The van der Waals surface area contributed by atoms with Gasteiger partial charge in [-0.15, -0.1) is 24.0 Å². The van der Waals surface area contributed by atoms with Gasteiger partial charge < -0.3 is 24.6 Å². The van der Waals surface area contributed by atoms with Gasteiger partial charge in [0.05, 0.1) is 33.0 Å². The first-order chi connectivity index (χ1) is 13.5. The number of ether oxygens (including phenoxy) is 2. The van der Waals surface area contributed by atoms with Crippen LogP contribution in [-0.2, 0) is 17.8 Å². The Kier molecular flexibility index (Phi) is 10.5. The van der Waals surface area contributed by atoms with Crippen LogP contribution in [0.1, 0.15) is 54.1 Å². The minimum atomic E-state index is -0.445. The number of carbonyl (C=O) groups excluding carboxylic acids is 1. The number of esters is 1. The molecule has 1 aromatic carbocycles. The van der Waals surface area contributed by atoms with Gasteiger partial charge in [0.2, 0.25) is 0 Å². The van der Waals surface area contributed by atoms with Crippen molar-refractivity contribution in [1.29, 1.82) is 0 Å². The average Bonchev–Trinajstić information content (AvgIpc) is 3.18. The SMILES string of the molecule is CCNC(=NCc1ccc(OC)c(C(=O)OC)c1)NCc1cc(C(C)C)no1.I. The molecule has 8 nitrogen and oxygen atoms in total. The lowest BCUT2D eigenvalue weighted by Gasteiger charge is -2.11. The van der Waals surface area contributed by atoms with Gasteiger partial charge in [0.25, 0.3) is 0 Å². The van der Waals surface area contributed by atoms with E-state index in [2.05, 4.69) is 34.6 Å². The molecule has 2 N–H and O–H groups in total. The zero-order valence-electron chi connectivity index (χ0n) is 17.4. The van der Waals surface area contributed by atoms with Crippen molar-refractivity contribution in [2.75, 3.05) is 20.8 Å². The van der Waals surface area contributed by atoms with E-state index in [1.807, 2.05) is 19.1 Å². The van der Waals surface area contributed by atoms with Crippen LogP contribution in [0, 0.1) is 0 Å². The maximum atomic E-state index is 11.9. The Morgan fingerprint density at radius 2 is 2.00 bits per heavy atom. The van der Waals surface area contributed by atoms with E-state index < -0.39 is 5.97 Å². The third-order valence-electron chi connectivity index (χ3n) is 4.03. The molecule has 160 valence electrons. The maximum absolute atomic E-state index is 11.9. The van der Waals surface area contributed by atoms with Crippen LogP contribution in [0.5, 0.6) is 5.75 Å². The molecule has 0 bridgehead atoms. The number of aliphatic imine (C=N–C) groups is 1. The van der Waals surface area contributed by atoms with Gasteiger partial charge in [0.1, 0.15) is 11.3 Å². The van der Waals surface area contributed by atoms with Crippen LogP contribution >= 0.6 is 24.0 Å². The van der Waals surface area contributed by atoms with Crippen LogP contribution < -0.4 is 15.4 Å². The number of nitrogens with zero attached hydrogens (tertiary/aromatic N) is 2. The van der Waals surface area contributed by atoms with Crippen LogP contribution in [0.25, 0.3) is 0 Å². The Balaban J connectivity index is 0.00000420. The predicted molar refractivity (Wildman–Crippen MR) is 122 cm³/mol. The number of rotatable bonds is 8. The first-order valence-electron chi connectivity index (χ1n) is 9.21. The summed E-state index contributed by atoms with van der Waals surface area (Å²) in [5, 5.41) is 10.5. The molecule has 0 amide bonds. The maximum Gasteiger partial charge on any atom is 0.341 e. The molecule has 2 aromatic rings. The molecule has 29 heavy (non-hydrogen) atoms. The van der Waals surface area contributed by atoms with Crippen LogP contribution in [0.4, 0.5) is 0 Å². The molecule has 9 heteroatoms. The molecule has 0 fully saturated rings. The summed E-state index contributed by atoms with van der Waals surface area (Å²) in [5.41, 5.74) is 2.16. The molecule has 0 radical (unpaired) electrons. The molecular weight excluding hydrogens is 487 g/mol. The topological polar surface area (TPSA) is 98.0 Å². The van der Waals surface area contributed by atoms with Crippen LogP contribution in [0.2, 0.25) is 0 Å². The van der Waals surface area contributed by atoms with Crippen LogP contribution in [0.15, 0.2) is 33.8 Å². The van der Waals surface area contributed by atoms with Gasteiger partial charge in [0.15, 0.2) is 11.7 Å². The van der Waals surface area contributed by atoms with Crippen molar-refractivity contribution in [3.63, 3.8) is 0 Å². The van der Waals surface area contributed by atoms with Gasteiger partial charge in [-0.2, -0.15) is 0 Å². The fraction of sp³-hybridized carbons (Fsp3) is 0.450. The molecule has 0 aliphatic rings. The normalized spacial score (nSPS) is 11.0. The number of hydrogen-bond donors (Lipinski definition) is 2. The summed E-state index contributed by atoms with van der Waals surface area (Å²) in [6.07, 6.45) is 0. The second-order valence-corrected chi connectivity index (χ2v) is 6.45. The van der Waals surface area contributed by atoms with Crippen molar-refractivity contribution in [1.82, 2.24) is 15.8 Å². The second-order valence-electron chi connectivity index (χ2n) is 6.45. The molecule has 0 aliphatic heterocycles. The molecule has 0 atom stereocenters. The molecule has 0 saturated heterocycles. The van der Waals surface area contributed by atoms with Crippen molar-refractivity contribution in [3.05, 3.63) is 46.8 Å². The molecule has 0 spiro atoms. The number of guanidine groups is 1. The number of nitrogens with one attached hydrogen (secondary N) is 2. The van der Waals surface area contributed by atoms with E-state index in [1.54, 1.807) is 12.1 Å². The average molecular weight is 516 g/mol. The van der Waals surface area contributed by atoms with E-state index >= 15 is 0 Å². The summed E-state index contributed by atoms with van der Waals surface area (Å²) in [6, 6.07) is 7.26. The van der Waals surface area contributed by atoms with E-state index in [-0.39, 0.29) is 24.0 Å². The number of methoxy groups -OCH3 is 2. The highest BCUT2D eigenvalue weighted by Crippen LogP contribution is 2.21. The Labute approximate surface area is 188 Å². The van der Waals surface area contributed by atoms with Gasteiger partial charge in [-0.05, 0) is 30.5 Å². The number of hydrogen-bond acceptors (Lipinski definition) is 6. The van der Waals surface area contributed by atoms with Crippen molar-refractivity contribution < 1.29 is 18.8 Å². The summed E-state index contributed by atoms with van der Waals surface area (Å²) in [5.74, 6) is 1.72. The molecule has 0 saturated carbocycles. The third-order valence-corrected chi connectivity index (χ3v) is 4.03. The van der Waals surface area contributed by atoms with Crippen molar-refractivity contribution in [2.45, 2.75) is 39.8 Å². The molecule has 0 aliphatic carbocycles. The summed E-state index contributed by atoms with van der Waals surface area (Å²) >= 11 is 0. The van der Waals surface area contributed by atoms with Gasteiger partial charge >= 0.3 is 5.97 Å². The van der Waals surface area contributed by atoms with Gasteiger partial charge in [-0.25, -0.2) is 9.79 Å². The van der Waals surface area contributed by atoms with E-state index in [1.165, 1.54) is 14.2 Å². The number of carbonyl (C=O) groups is 1. The highest BCUT2D eigenvalue weighted by molar-refractivity contribution is 14.0.